The summed E-state index contributed by atoms with van der Waals surface area (Å²) in [7, 11) is 0. The molecule has 0 atom stereocenters. The molecule has 0 radical (unpaired) electrons. The Morgan fingerprint density at radius 3 is 2.68 bits per heavy atom. The van der Waals surface area contributed by atoms with Crippen LogP contribution in [0.25, 0.3) is 0 Å². The first-order valence-corrected chi connectivity index (χ1v) is 10.0. The number of hydrogen-bond donors (Lipinski definition) is 3. The predicted octanol–water partition coefficient (Wildman–Crippen LogP) is 2.71. The van der Waals surface area contributed by atoms with Crippen LogP contribution in [0.2, 0.25) is 5.02 Å². The van der Waals surface area contributed by atoms with Crippen molar-refractivity contribution in [2.75, 3.05) is 23.7 Å². The van der Waals surface area contributed by atoms with Gasteiger partial charge in [0.1, 0.15) is 0 Å². The highest BCUT2D eigenvalue weighted by molar-refractivity contribution is 7.14. The number of carbonyl (C=O) groups excluding carboxylic acids is 3. The van der Waals surface area contributed by atoms with E-state index in [1.165, 1.54) is 11.3 Å². The maximum atomic E-state index is 12.4. The smallest absolute Gasteiger partial charge is 0.325 e. The van der Waals surface area contributed by atoms with Gasteiger partial charge in [0, 0.05) is 35.1 Å². The Hall–Kier alpha value is -2.65. The Morgan fingerprint density at radius 1 is 1.25 bits per heavy atom. The van der Waals surface area contributed by atoms with Crippen molar-refractivity contribution < 1.29 is 14.4 Å². The van der Waals surface area contributed by atoms with Gasteiger partial charge in [-0.05, 0) is 31.0 Å². The number of hydrogen-bond acceptors (Lipinski definition) is 5. The molecule has 148 valence electrons. The summed E-state index contributed by atoms with van der Waals surface area (Å²) in [5.74, 6) is -0.515. The normalized spacial score (nSPS) is 14.5. The maximum Gasteiger partial charge on any atom is 0.325 e. The lowest BCUT2D eigenvalue weighted by atomic mass is 9.96. The average molecular weight is 422 g/mol. The lowest BCUT2D eigenvalue weighted by Gasteiger charge is -2.30. The molecule has 4 amide bonds. The molecule has 28 heavy (non-hydrogen) atoms. The van der Waals surface area contributed by atoms with Gasteiger partial charge >= 0.3 is 6.03 Å². The number of piperidine rings is 1. The number of nitrogens with zero attached hydrogens (tertiary/aromatic N) is 2. The van der Waals surface area contributed by atoms with E-state index in [-0.39, 0.29) is 24.2 Å². The molecule has 4 N–H and O–H groups in total. The second kappa shape index (κ2) is 9.03. The van der Waals surface area contributed by atoms with Crippen molar-refractivity contribution in [2.45, 2.75) is 19.3 Å². The Bertz CT molecular complexity index is 880. The van der Waals surface area contributed by atoms with Crippen molar-refractivity contribution in [2.24, 2.45) is 11.7 Å². The van der Waals surface area contributed by atoms with Crippen molar-refractivity contribution in [1.82, 2.24) is 9.88 Å². The molecule has 0 bridgehead atoms. The van der Waals surface area contributed by atoms with E-state index in [1.54, 1.807) is 34.5 Å². The molecule has 1 saturated heterocycles. The number of halogens is 1. The fourth-order valence-electron chi connectivity index (χ4n) is 2.95. The zero-order valence-electron chi connectivity index (χ0n) is 15.0. The molecular weight excluding hydrogens is 402 g/mol. The number of likely N-dealkylation sites (tertiary alicyclic amines) is 1. The largest absolute Gasteiger partial charge is 0.369 e. The van der Waals surface area contributed by atoms with Gasteiger partial charge in [0.05, 0.1) is 12.1 Å². The number of rotatable bonds is 5. The number of urea groups is 1. The van der Waals surface area contributed by atoms with Gasteiger partial charge < -0.3 is 16.0 Å². The van der Waals surface area contributed by atoms with E-state index in [4.69, 9.17) is 17.3 Å². The minimum atomic E-state index is -0.442. The van der Waals surface area contributed by atoms with Crippen molar-refractivity contribution in [3.05, 3.63) is 40.4 Å². The van der Waals surface area contributed by atoms with Crippen molar-refractivity contribution >= 4 is 51.6 Å². The number of nitrogens with one attached hydrogen (secondary N) is 2. The fourth-order valence-corrected chi connectivity index (χ4v) is 3.85. The van der Waals surface area contributed by atoms with E-state index < -0.39 is 6.03 Å². The zero-order valence-corrected chi connectivity index (χ0v) is 16.6. The summed E-state index contributed by atoms with van der Waals surface area (Å²) >= 11 is 7.13. The number of primary amides is 1. The first-order chi connectivity index (χ1) is 13.4. The molecule has 1 aliphatic heterocycles. The van der Waals surface area contributed by atoms with Gasteiger partial charge in [-0.3, -0.25) is 14.9 Å². The number of aromatic nitrogens is 1. The van der Waals surface area contributed by atoms with Crippen molar-refractivity contribution in [3.63, 3.8) is 0 Å². The third-order valence-electron chi connectivity index (χ3n) is 4.44. The Labute approximate surface area is 171 Å². The third kappa shape index (κ3) is 5.43. The summed E-state index contributed by atoms with van der Waals surface area (Å²) in [4.78, 5) is 41.7. The first kappa shape index (κ1) is 20.1. The van der Waals surface area contributed by atoms with E-state index in [2.05, 4.69) is 15.6 Å². The van der Waals surface area contributed by atoms with Gasteiger partial charge in [0.2, 0.25) is 11.8 Å². The monoisotopic (exact) mass is 421 g/mol. The Morgan fingerprint density at radius 2 is 2.00 bits per heavy atom. The minimum Gasteiger partial charge on any atom is -0.369 e. The summed E-state index contributed by atoms with van der Waals surface area (Å²) in [6, 6.07) is 6.36. The molecule has 0 spiro atoms. The SMILES string of the molecule is NC(=O)C1CCN(C(=O)Cc2csc(NC(=O)Nc3cccc(Cl)c3)n2)CC1. The van der Waals surface area contributed by atoms with Crippen LogP contribution < -0.4 is 16.4 Å². The molecule has 0 unspecified atom stereocenters. The average Bonchev–Trinajstić information content (AvgIpc) is 3.08. The molecule has 10 heteroatoms. The summed E-state index contributed by atoms with van der Waals surface area (Å²) < 4.78 is 0. The van der Waals surface area contributed by atoms with E-state index in [9.17, 15) is 14.4 Å². The van der Waals surface area contributed by atoms with E-state index in [1.807, 2.05) is 0 Å². The van der Waals surface area contributed by atoms with Crippen LogP contribution in [-0.2, 0) is 16.0 Å². The van der Waals surface area contributed by atoms with Gasteiger partial charge in [-0.2, -0.15) is 0 Å². The molecule has 1 aromatic carbocycles. The Kier molecular flexibility index (Phi) is 6.48. The molecule has 0 aliphatic carbocycles. The van der Waals surface area contributed by atoms with E-state index in [0.29, 0.717) is 47.5 Å². The standard InChI is InChI=1S/C18H20ClN5O3S/c19-12-2-1-3-13(8-12)21-17(27)23-18-22-14(10-28-18)9-15(25)24-6-4-11(5-7-24)16(20)26/h1-3,8,10-11H,4-7,9H2,(H2,20,26)(H2,21,22,23,27). The van der Waals surface area contributed by atoms with Crippen LogP contribution >= 0.6 is 22.9 Å². The number of anilines is 2. The Balaban J connectivity index is 1.49. The molecule has 2 heterocycles. The molecule has 1 fully saturated rings. The number of nitrogens with two attached hydrogens (primary N) is 1. The second-order valence-corrected chi connectivity index (χ2v) is 7.76. The molecule has 1 aliphatic rings. The lowest BCUT2D eigenvalue weighted by Crippen LogP contribution is -2.42. The molecule has 2 aromatic rings. The van der Waals surface area contributed by atoms with Crippen molar-refractivity contribution in [1.29, 1.82) is 0 Å². The summed E-state index contributed by atoms with van der Waals surface area (Å²) in [5.41, 5.74) is 6.47. The number of benzene rings is 1. The lowest BCUT2D eigenvalue weighted by molar-refractivity contribution is -0.134. The van der Waals surface area contributed by atoms with Crippen LogP contribution in [0.15, 0.2) is 29.6 Å². The van der Waals surface area contributed by atoms with E-state index in [0.717, 1.165) is 0 Å². The number of amides is 4. The second-order valence-electron chi connectivity index (χ2n) is 6.47. The third-order valence-corrected chi connectivity index (χ3v) is 5.48. The van der Waals surface area contributed by atoms with Gasteiger partial charge in [-0.15, -0.1) is 11.3 Å². The van der Waals surface area contributed by atoms with Crippen LogP contribution in [0.4, 0.5) is 15.6 Å². The minimum absolute atomic E-state index is 0.0526. The van der Waals surface area contributed by atoms with E-state index >= 15 is 0 Å². The highest BCUT2D eigenvalue weighted by atomic mass is 35.5. The number of carbonyl (C=O) groups is 3. The quantitative estimate of drug-likeness (QED) is 0.687. The van der Waals surface area contributed by atoms with Crippen LogP contribution in [0.1, 0.15) is 18.5 Å². The van der Waals surface area contributed by atoms with Crippen LogP contribution in [0.3, 0.4) is 0 Å². The van der Waals surface area contributed by atoms with Crippen LogP contribution in [-0.4, -0.2) is 40.8 Å². The highest BCUT2D eigenvalue weighted by Crippen LogP contribution is 2.20. The summed E-state index contributed by atoms with van der Waals surface area (Å²) in [6.45, 7) is 1.04. The molecule has 8 nitrogen and oxygen atoms in total. The molecule has 0 saturated carbocycles. The highest BCUT2D eigenvalue weighted by Gasteiger charge is 2.26. The maximum absolute atomic E-state index is 12.4. The van der Waals surface area contributed by atoms with Crippen LogP contribution in [0, 0.1) is 5.92 Å². The number of thiazole rings is 1. The van der Waals surface area contributed by atoms with Gasteiger partial charge in [0.25, 0.3) is 0 Å². The molecule has 1 aromatic heterocycles. The van der Waals surface area contributed by atoms with Gasteiger partial charge in [-0.1, -0.05) is 17.7 Å². The van der Waals surface area contributed by atoms with Crippen LogP contribution in [0.5, 0.6) is 0 Å². The predicted molar refractivity (Wildman–Crippen MR) is 108 cm³/mol. The molecule has 3 rings (SSSR count). The summed E-state index contributed by atoms with van der Waals surface area (Å²) in [6.07, 6.45) is 1.33. The topological polar surface area (TPSA) is 117 Å². The van der Waals surface area contributed by atoms with Gasteiger partial charge in [-0.25, -0.2) is 9.78 Å². The first-order valence-electron chi connectivity index (χ1n) is 8.76. The zero-order chi connectivity index (χ0) is 20.1. The molecular formula is C18H20ClN5O3S. The fraction of sp³-hybridized carbons (Fsp3) is 0.333. The van der Waals surface area contributed by atoms with Crippen molar-refractivity contribution in [3.8, 4) is 0 Å². The van der Waals surface area contributed by atoms with Gasteiger partial charge in [0.15, 0.2) is 5.13 Å². The summed E-state index contributed by atoms with van der Waals surface area (Å²) in [5, 5.41) is 7.96.